The Balaban J connectivity index is 2.22. The van der Waals surface area contributed by atoms with Gasteiger partial charge in [0.25, 0.3) is 0 Å². The summed E-state index contributed by atoms with van der Waals surface area (Å²) < 4.78 is 5.65. The van der Waals surface area contributed by atoms with Crippen LogP contribution in [0.15, 0.2) is 6.07 Å². The topological polar surface area (TPSA) is 69.9 Å². The van der Waals surface area contributed by atoms with Crippen molar-refractivity contribution in [2.75, 3.05) is 0 Å². The second-order valence-electron chi connectivity index (χ2n) is 4.19. The van der Waals surface area contributed by atoms with Crippen LogP contribution >= 0.6 is 0 Å². The third kappa shape index (κ3) is 1.11. The molecule has 3 N–H and O–H groups in total. The molecule has 0 radical (unpaired) electrons. The van der Waals surface area contributed by atoms with E-state index in [1.807, 2.05) is 0 Å². The van der Waals surface area contributed by atoms with E-state index in [4.69, 9.17) is 4.74 Å². The molecule has 0 aliphatic carbocycles. The van der Waals surface area contributed by atoms with Gasteiger partial charge >= 0.3 is 0 Å². The summed E-state index contributed by atoms with van der Waals surface area (Å²) in [6.45, 7) is 0. The van der Waals surface area contributed by atoms with E-state index in [0.717, 1.165) is 18.4 Å². The van der Waals surface area contributed by atoms with E-state index in [9.17, 15) is 15.3 Å². The fraction of sp³-hybridized carbons (Fsp3) is 0.455. The van der Waals surface area contributed by atoms with E-state index in [1.54, 1.807) is 0 Å². The zero-order chi connectivity index (χ0) is 10.6. The number of phenolic OH excluding ortho intramolecular Hbond substituents is 3. The van der Waals surface area contributed by atoms with Crippen molar-refractivity contribution in [2.24, 2.45) is 0 Å². The van der Waals surface area contributed by atoms with Gasteiger partial charge in [-0.3, -0.25) is 0 Å². The highest BCUT2D eigenvalue weighted by molar-refractivity contribution is 5.58. The Labute approximate surface area is 86.7 Å². The lowest BCUT2D eigenvalue weighted by Crippen LogP contribution is -2.17. The fourth-order valence-electron chi connectivity index (χ4n) is 2.55. The number of rotatable bonds is 0. The van der Waals surface area contributed by atoms with Gasteiger partial charge in [0.05, 0.1) is 12.2 Å². The highest BCUT2D eigenvalue weighted by Gasteiger charge is 2.37. The van der Waals surface area contributed by atoms with Crippen molar-refractivity contribution < 1.29 is 20.1 Å². The Kier molecular flexibility index (Phi) is 1.65. The molecule has 15 heavy (non-hydrogen) atoms. The van der Waals surface area contributed by atoms with Gasteiger partial charge in [0.15, 0.2) is 11.5 Å². The van der Waals surface area contributed by atoms with E-state index >= 15 is 0 Å². The van der Waals surface area contributed by atoms with Crippen molar-refractivity contribution in [3.63, 3.8) is 0 Å². The smallest absolute Gasteiger partial charge is 0.200 e. The van der Waals surface area contributed by atoms with Crippen LogP contribution in [0.2, 0.25) is 0 Å². The number of hydrogen-bond donors (Lipinski definition) is 3. The van der Waals surface area contributed by atoms with Gasteiger partial charge in [-0.1, -0.05) is 0 Å². The van der Waals surface area contributed by atoms with Crippen LogP contribution in [-0.2, 0) is 11.2 Å². The Bertz CT molecular complexity index is 427. The highest BCUT2D eigenvalue weighted by Crippen LogP contribution is 2.50. The quantitative estimate of drug-likeness (QED) is 0.566. The number of fused-ring (bicyclic) bond motifs is 4. The molecule has 2 aliphatic heterocycles. The molecule has 4 nitrogen and oxygen atoms in total. The summed E-state index contributed by atoms with van der Waals surface area (Å²) in [6.07, 6.45) is 2.62. The average molecular weight is 208 g/mol. The van der Waals surface area contributed by atoms with Crippen LogP contribution in [-0.4, -0.2) is 21.4 Å². The van der Waals surface area contributed by atoms with Crippen molar-refractivity contribution >= 4 is 0 Å². The van der Waals surface area contributed by atoms with Crippen LogP contribution in [0.4, 0.5) is 0 Å². The van der Waals surface area contributed by atoms with Gasteiger partial charge in [-0.25, -0.2) is 0 Å². The monoisotopic (exact) mass is 208 g/mol. The molecule has 80 valence electrons. The predicted molar refractivity (Wildman–Crippen MR) is 52.0 cm³/mol. The van der Waals surface area contributed by atoms with Crippen molar-refractivity contribution in [1.82, 2.24) is 0 Å². The maximum atomic E-state index is 9.75. The van der Waals surface area contributed by atoms with E-state index in [2.05, 4.69) is 0 Å². The van der Waals surface area contributed by atoms with Crippen LogP contribution < -0.4 is 0 Å². The predicted octanol–water partition coefficient (Wildman–Crippen LogP) is 1.58. The molecule has 1 fully saturated rings. The molecule has 2 atom stereocenters. The Morgan fingerprint density at radius 2 is 1.93 bits per heavy atom. The molecule has 0 unspecified atom stereocenters. The number of benzene rings is 1. The van der Waals surface area contributed by atoms with Crippen molar-refractivity contribution in [3.05, 3.63) is 17.2 Å². The largest absolute Gasteiger partial charge is 0.504 e. The van der Waals surface area contributed by atoms with Crippen molar-refractivity contribution in [1.29, 1.82) is 0 Å². The molecular weight excluding hydrogens is 196 g/mol. The van der Waals surface area contributed by atoms with Crippen LogP contribution in [0.5, 0.6) is 17.2 Å². The lowest BCUT2D eigenvalue weighted by atomic mass is 9.96. The summed E-state index contributed by atoms with van der Waals surface area (Å²) >= 11 is 0. The van der Waals surface area contributed by atoms with Crippen LogP contribution in [0.25, 0.3) is 0 Å². The van der Waals surface area contributed by atoms with Crippen molar-refractivity contribution in [3.8, 4) is 17.2 Å². The minimum atomic E-state index is -0.442. The standard InChI is InChI=1S/C11H12O4/c12-7-4-5-3-6-1-2-8(15-6)9(5)11(14)10(7)13/h4,6,8,12-14H,1-3H2/t6-,8+/m0/s1. The first-order chi connectivity index (χ1) is 7.16. The molecule has 3 rings (SSSR count). The molecule has 0 amide bonds. The second kappa shape index (κ2) is 2.79. The first-order valence-corrected chi connectivity index (χ1v) is 5.09. The van der Waals surface area contributed by atoms with Gasteiger partial charge in [0.1, 0.15) is 0 Å². The molecule has 1 aromatic carbocycles. The molecule has 0 saturated carbocycles. The van der Waals surface area contributed by atoms with E-state index in [0.29, 0.717) is 12.0 Å². The summed E-state index contributed by atoms with van der Waals surface area (Å²) in [5.41, 5.74) is 1.54. The molecule has 0 spiro atoms. The summed E-state index contributed by atoms with van der Waals surface area (Å²) in [5.74, 6) is -0.925. The lowest BCUT2D eigenvalue weighted by molar-refractivity contribution is 0.0305. The SMILES string of the molecule is Oc1cc2c(c(O)c1O)[C@H]1CC[C@@H](C2)O1. The molecule has 4 heteroatoms. The van der Waals surface area contributed by atoms with Crippen LogP contribution in [0, 0.1) is 0 Å². The molecule has 2 heterocycles. The van der Waals surface area contributed by atoms with Gasteiger partial charge in [-0.05, 0) is 30.9 Å². The maximum Gasteiger partial charge on any atom is 0.200 e. The van der Waals surface area contributed by atoms with Crippen LogP contribution in [0.3, 0.4) is 0 Å². The third-order valence-corrected chi connectivity index (χ3v) is 3.26. The molecule has 0 aromatic heterocycles. The normalized spacial score (nSPS) is 27.7. The summed E-state index contributed by atoms with van der Waals surface area (Å²) in [7, 11) is 0. The maximum absolute atomic E-state index is 9.75. The summed E-state index contributed by atoms with van der Waals surface area (Å²) in [4.78, 5) is 0. The van der Waals surface area contributed by atoms with Crippen molar-refractivity contribution in [2.45, 2.75) is 31.5 Å². The molecule has 2 bridgehead atoms. The Hall–Kier alpha value is -1.42. The first kappa shape index (κ1) is 8.85. The van der Waals surface area contributed by atoms with E-state index < -0.39 is 5.75 Å². The van der Waals surface area contributed by atoms with Gasteiger partial charge in [0.2, 0.25) is 5.75 Å². The minimum absolute atomic E-state index is 0.120. The molecule has 1 aromatic rings. The number of phenols is 3. The Morgan fingerprint density at radius 1 is 1.13 bits per heavy atom. The third-order valence-electron chi connectivity index (χ3n) is 3.26. The van der Waals surface area contributed by atoms with Gasteiger partial charge in [-0.15, -0.1) is 0 Å². The number of aromatic hydroxyl groups is 3. The minimum Gasteiger partial charge on any atom is -0.504 e. The lowest BCUT2D eigenvalue weighted by Gasteiger charge is -2.25. The van der Waals surface area contributed by atoms with Gasteiger partial charge in [0, 0.05) is 5.56 Å². The molecular formula is C11H12O4. The zero-order valence-corrected chi connectivity index (χ0v) is 8.10. The van der Waals surface area contributed by atoms with Gasteiger partial charge < -0.3 is 20.1 Å². The van der Waals surface area contributed by atoms with E-state index in [-0.39, 0.29) is 23.7 Å². The first-order valence-electron chi connectivity index (χ1n) is 5.09. The number of hydrogen-bond acceptors (Lipinski definition) is 4. The molecule has 2 aliphatic rings. The molecule has 1 saturated heterocycles. The number of ether oxygens (including phenoxy) is 1. The highest BCUT2D eigenvalue weighted by atomic mass is 16.5. The van der Waals surface area contributed by atoms with E-state index in [1.165, 1.54) is 6.07 Å². The van der Waals surface area contributed by atoms with Crippen LogP contribution in [0.1, 0.15) is 30.1 Å². The second-order valence-corrected chi connectivity index (χ2v) is 4.19. The summed E-state index contributed by atoms with van der Waals surface area (Å²) in [5, 5.41) is 28.6. The average Bonchev–Trinajstić information content (AvgIpc) is 2.57. The summed E-state index contributed by atoms with van der Waals surface area (Å²) in [6, 6.07) is 1.53. The van der Waals surface area contributed by atoms with Gasteiger partial charge in [-0.2, -0.15) is 0 Å². The fourth-order valence-corrected chi connectivity index (χ4v) is 2.55. The Morgan fingerprint density at radius 3 is 2.73 bits per heavy atom. The zero-order valence-electron chi connectivity index (χ0n) is 8.10.